The maximum absolute atomic E-state index is 11.9. The van der Waals surface area contributed by atoms with Gasteiger partial charge in [0, 0.05) is 6.42 Å². The van der Waals surface area contributed by atoms with Gasteiger partial charge in [-0.15, -0.1) is 0 Å². The second-order valence-electron chi connectivity index (χ2n) is 9.38. The van der Waals surface area contributed by atoms with E-state index in [2.05, 4.69) is 31.2 Å². The van der Waals surface area contributed by atoms with Crippen LogP contribution in [0.1, 0.15) is 84.0 Å². The standard InChI is InChI=1S/C27H48O9/c1-2-3-4-5-6-7-8-9-10-11-12-13-14-15-16-17-23(30)34-19-21(29)20-35-27-26(33)25(32)24(31)22(18-28)36-27/h7-10,21-22,24-29,31-33H,2-6,11-20H2,1H3. The summed E-state index contributed by atoms with van der Waals surface area (Å²) in [5.74, 6) is -0.397. The van der Waals surface area contributed by atoms with E-state index in [1.165, 1.54) is 25.7 Å². The van der Waals surface area contributed by atoms with Gasteiger partial charge >= 0.3 is 5.97 Å². The van der Waals surface area contributed by atoms with E-state index in [9.17, 15) is 25.2 Å². The fraction of sp³-hybridized carbons (Fsp3) is 0.815. The Bertz CT molecular complexity index is 608. The Morgan fingerprint density at radius 1 is 0.861 bits per heavy atom. The first-order valence-electron chi connectivity index (χ1n) is 13.5. The van der Waals surface area contributed by atoms with Crippen LogP contribution in [0.4, 0.5) is 0 Å². The average Bonchev–Trinajstić information content (AvgIpc) is 2.88. The predicted octanol–water partition coefficient (Wildman–Crippen LogP) is 2.52. The summed E-state index contributed by atoms with van der Waals surface area (Å²) in [6.07, 6.45) is 13.2. The smallest absolute Gasteiger partial charge is 0.305 e. The molecule has 1 aliphatic rings. The normalized spacial score (nSPS) is 25.6. The highest BCUT2D eigenvalue weighted by molar-refractivity contribution is 5.69. The Kier molecular flexibility index (Phi) is 18.8. The lowest BCUT2D eigenvalue weighted by atomic mass is 9.99. The van der Waals surface area contributed by atoms with Crippen molar-refractivity contribution in [3.8, 4) is 0 Å². The number of hydrogen-bond acceptors (Lipinski definition) is 9. The largest absolute Gasteiger partial charge is 0.463 e. The van der Waals surface area contributed by atoms with Crippen molar-refractivity contribution in [1.82, 2.24) is 0 Å². The first-order chi connectivity index (χ1) is 17.4. The van der Waals surface area contributed by atoms with Crippen molar-refractivity contribution < 1.29 is 44.5 Å². The van der Waals surface area contributed by atoms with E-state index >= 15 is 0 Å². The SMILES string of the molecule is CCCCCCC=CC=CCCCCCCCC(=O)OCC(O)COC1OC(CO)C(O)C(O)C1O. The Hall–Kier alpha value is -1.33. The second-order valence-corrected chi connectivity index (χ2v) is 9.38. The van der Waals surface area contributed by atoms with Crippen LogP contribution in [0, 0.1) is 0 Å². The zero-order valence-corrected chi connectivity index (χ0v) is 21.7. The lowest BCUT2D eigenvalue weighted by molar-refractivity contribution is -0.305. The van der Waals surface area contributed by atoms with Crippen molar-refractivity contribution in [2.24, 2.45) is 0 Å². The molecule has 0 aliphatic carbocycles. The van der Waals surface area contributed by atoms with Gasteiger partial charge in [0.25, 0.3) is 0 Å². The second kappa shape index (κ2) is 20.7. The van der Waals surface area contributed by atoms with Gasteiger partial charge < -0.3 is 39.7 Å². The summed E-state index contributed by atoms with van der Waals surface area (Å²) in [7, 11) is 0. The van der Waals surface area contributed by atoms with Crippen molar-refractivity contribution in [1.29, 1.82) is 0 Å². The third-order valence-electron chi connectivity index (χ3n) is 6.10. The molecule has 1 rings (SSSR count). The van der Waals surface area contributed by atoms with E-state index in [1.807, 2.05) is 0 Å². The molecule has 1 fully saturated rings. The minimum atomic E-state index is -1.56. The van der Waals surface area contributed by atoms with E-state index in [0.717, 1.165) is 44.9 Å². The molecule has 9 heteroatoms. The van der Waals surface area contributed by atoms with Crippen LogP contribution >= 0.6 is 0 Å². The molecule has 9 nitrogen and oxygen atoms in total. The minimum absolute atomic E-state index is 0.268. The molecule has 36 heavy (non-hydrogen) atoms. The third kappa shape index (κ3) is 14.4. The molecule has 0 aromatic carbocycles. The maximum Gasteiger partial charge on any atom is 0.305 e. The summed E-state index contributed by atoms with van der Waals surface area (Å²) < 4.78 is 15.5. The Morgan fingerprint density at radius 3 is 2.11 bits per heavy atom. The van der Waals surface area contributed by atoms with Gasteiger partial charge in [0.2, 0.25) is 0 Å². The van der Waals surface area contributed by atoms with Crippen LogP contribution in [-0.2, 0) is 19.0 Å². The number of esters is 1. The molecule has 210 valence electrons. The number of carbonyl (C=O) groups excluding carboxylic acids is 1. The molecule has 0 radical (unpaired) electrons. The summed E-state index contributed by atoms with van der Waals surface area (Å²) in [5.41, 5.74) is 0. The molecule has 0 aromatic rings. The molecule has 1 aliphatic heterocycles. The number of allylic oxidation sites excluding steroid dienone is 4. The minimum Gasteiger partial charge on any atom is -0.463 e. The molecule has 0 spiro atoms. The van der Waals surface area contributed by atoms with Crippen molar-refractivity contribution in [3.63, 3.8) is 0 Å². The molecule has 1 saturated heterocycles. The number of carbonyl (C=O) groups is 1. The molecule has 0 amide bonds. The highest BCUT2D eigenvalue weighted by Crippen LogP contribution is 2.22. The quantitative estimate of drug-likeness (QED) is 0.0936. The molecule has 6 unspecified atom stereocenters. The fourth-order valence-corrected chi connectivity index (χ4v) is 3.82. The van der Waals surface area contributed by atoms with Gasteiger partial charge in [-0.1, -0.05) is 69.8 Å². The van der Waals surface area contributed by atoms with Crippen LogP contribution < -0.4 is 0 Å². The highest BCUT2D eigenvalue weighted by atomic mass is 16.7. The Labute approximate surface area is 215 Å². The maximum atomic E-state index is 11.9. The Balaban J connectivity index is 2.01. The van der Waals surface area contributed by atoms with Crippen LogP contribution in [-0.4, -0.2) is 88.1 Å². The molecule has 1 heterocycles. The van der Waals surface area contributed by atoms with Crippen molar-refractivity contribution in [3.05, 3.63) is 24.3 Å². The van der Waals surface area contributed by atoms with Crippen molar-refractivity contribution in [2.45, 2.75) is 121 Å². The van der Waals surface area contributed by atoms with Gasteiger partial charge in [0.1, 0.15) is 37.1 Å². The number of unbranched alkanes of at least 4 members (excludes halogenated alkanes) is 9. The van der Waals surface area contributed by atoms with Gasteiger partial charge in [-0.3, -0.25) is 4.79 Å². The lowest BCUT2D eigenvalue weighted by Crippen LogP contribution is -2.59. The topological polar surface area (TPSA) is 146 Å². The van der Waals surface area contributed by atoms with Crippen molar-refractivity contribution in [2.75, 3.05) is 19.8 Å². The van der Waals surface area contributed by atoms with Crippen LogP contribution in [0.25, 0.3) is 0 Å². The van der Waals surface area contributed by atoms with Gasteiger partial charge in [0.05, 0.1) is 13.2 Å². The summed E-state index contributed by atoms with van der Waals surface area (Å²) in [6, 6.07) is 0. The summed E-state index contributed by atoms with van der Waals surface area (Å²) >= 11 is 0. The lowest BCUT2D eigenvalue weighted by Gasteiger charge is -2.39. The summed E-state index contributed by atoms with van der Waals surface area (Å²) in [4.78, 5) is 11.9. The zero-order valence-electron chi connectivity index (χ0n) is 21.7. The highest BCUT2D eigenvalue weighted by Gasteiger charge is 2.44. The Morgan fingerprint density at radius 2 is 1.47 bits per heavy atom. The van der Waals surface area contributed by atoms with E-state index in [1.54, 1.807) is 0 Å². The molecular weight excluding hydrogens is 468 g/mol. The van der Waals surface area contributed by atoms with Crippen LogP contribution in [0.3, 0.4) is 0 Å². The zero-order chi connectivity index (χ0) is 26.6. The summed E-state index contributed by atoms with van der Waals surface area (Å²) in [5, 5.41) is 48.5. The monoisotopic (exact) mass is 516 g/mol. The molecular formula is C27H48O9. The fourth-order valence-electron chi connectivity index (χ4n) is 3.82. The molecule has 0 bridgehead atoms. The molecule has 5 N–H and O–H groups in total. The van der Waals surface area contributed by atoms with Gasteiger partial charge in [-0.2, -0.15) is 0 Å². The third-order valence-corrected chi connectivity index (χ3v) is 6.10. The van der Waals surface area contributed by atoms with Gasteiger partial charge in [-0.25, -0.2) is 0 Å². The first kappa shape index (κ1) is 32.7. The molecule has 6 atom stereocenters. The average molecular weight is 517 g/mol. The number of aliphatic hydroxyl groups is 5. The van der Waals surface area contributed by atoms with E-state index in [4.69, 9.17) is 19.3 Å². The number of ether oxygens (including phenoxy) is 3. The van der Waals surface area contributed by atoms with Crippen LogP contribution in [0.15, 0.2) is 24.3 Å². The van der Waals surface area contributed by atoms with Gasteiger partial charge in [-0.05, 0) is 32.1 Å². The summed E-state index contributed by atoms with van der Waals surface area (Å²) in [6.45, 7) is 1.06. The number of rotatable bonds is 20. The predicted molar refractivity (Wildman–Crippen MR) is 136 cm³/mol. The number of aliphatic hydroxyl groups excluding tert-OH is 5. The van der Waals surface area contributed by atoms with E-state index in [-0.39, 0.29) is 19.6 Å². The van der Waals surface area contributed by atoms with Crippen LogP contribution in [0.5, 0.6) is 0 Å². The molecule has 0 saturated carbocycles. The first-order valence-corrected chi connectivity index (χ1v) is 13.5. The van der Waals surface area contributed by atoms with Gasteiger partial charge in [0.15, 0.2) is 6.29 Å². The van der Waals surface area contributed by atoms with E-state index in [0.29, 0.717) is 0 Å². The van der Waals surface area contributed by atoms with E-state index < -0.39 is 49.4 Å². The molecule has 0 aromatic heterocycles. The number of hydrogen-bond donors (Lipinski definition) is 5. The van der Waals surface area contributed by atoms with Crippen molar-refractivity contribution >= 4 is 5.97 Å². The van der Waals surface area contributed by atoms with Crippen LogP contribution in [0.2, 0.25) is 0 Å².